The van der Waals surface area contributed by atoms with Crippen molar-refractivity contribution in [3.8, 4) is 0 Å². The van der Waals surface area contributed by atoms with Crippen molar-refractivity contribution in [3.05, 3.63) is 48.6 Å². The lowest BCUT2D eigenvalue weighted by Crippen LogP contribution is -2.30. The van der Waals surface area contributed by atoms with Crippen molar-refractivity contribution < 1.29 is 28.6 Å². The molecule has 0 unspecified atom stereocenters. The van der Waals surface area contributed by atoms with Crippen molar-refractivity contribution in [3.63, 3.8) is 0 Å². The van der Waals surface area contributed by atoms with E-state index >= 15 is 0 Å². The number of carbonyl (C=O) groups is 3. The van der Waals surface area contributed by atoms with Gasteiger partial charge in [0.15, 0.2) is 6.10 Å². The van der Waals surface area contributed by atoms with E-state index in [0.29, 0.717) is 19.3 Å². The van der Waals surface area contributed by atoms with Crippen molar-refractivity contribution >= 4 is 17.9 Å². The molecule has 6 nitrogen and oxygen atoms in total. The lowest BCUT2D eigenvalue weighted by molar-refractivity contribution is -0.167. The smallest absolute Gasteiger partial charge is 0.306 e. The summed E-state index contributed by atoms with van der Waals surface area (Å²) in [4.78, 5) is 37.8. The first-order valence-electron chi connectivity index (χ1n) is 24.1. The van der Waals surface area contributed by atoms with Crippen LogP contribution in [0.4, 0.5) is 0 Å². The third-order valence-electron chi connectivity index (χ3n) is 10.3. The number of hydrogen-bond acceptors (Lipinski definition) is 6. The fourth-order valence-electron chi connectivity index (χ4n) is 6.73. The zero-order valence-corrected chi connectivity index (χ0v) is 37.6. The number of rotatable bonds is 43. The molecule has 0 saturated carbocycles. The summed E-state index contributed by atoms with van der Waals surface area (Å²) in [5.41, 5.74) is 0. The average molecular weight is 799 g/mol. The van der Waals surface area contributed by atoms with E-state index in [9.17, 15) is 14.4 Å². The standard InChI is InChI=1S/C51H90O6/c1-4-7-10-13-16-19-22-25-26-27-30-32-35-38-41-44-50(53)56-47-48(57-51(54)45-42-39-36-33-29-24-21-18-15-12-9-6-3)46-55-49(52)43-40-37-34-31-28-23-20-17-14-11-8-5-2/h7,10,16,19,25-26,30,32,48H,4-6,8-9,11-15,17-18,20-24,27-29,31,33-47H2,1-3H3/b10-7-,19-16-,26-25-,32-30-/t48-/m1/s1. The van der Waals surface area contributed by atoms with Gasteiger partial charge in [0.05, 0.1) is 0 Å². The van der Waals surface area contributed by atoms with Crippen LogP contribution >= 0.6 is 0 Å². The fourth-order valence-corrected chi connectivity index (χ4v) is 6.73. The minimum absolute atomic E-state index is 0.0830. The van der Waals surface area contributed by atoms with E-state index in [1.165, 1.54) is 116 Å². The van der Waals surface area contributed by atoms with Gasteiger partial charge < -0.3 is 14.2 Å². The zero-order chi connectivity index (χ0) is 41.5. The molecule has 0 rings (SSSR count). The fraction of sp³-hybridized carbons (Fsp3) is 0.784. The number of unbranched alkanes of at least 4 members (excludes halogenated alkanes) is 24. The second-order valence-electron chi connectivity index (χ2n) is 16.0. The quantitative estimate of drug-likeness (QED) is 0.0265. The van der Waals surface area contributed by atoms with Crippen LogP contribution in [-0.4, -0.2) is 37.2 Å². The van der Waals surface area contributed by atoms with E-state index in [4.69, 9.17) is 14.2 Å². The third-order valence-corrected chi connectivity index (χ3v) is 10.3. The molecule has 330 valence electrons. The Balaban J connectivity index is 4.42. The summed E-state index contributed by atoms with van der Waals surface area (Å²) in [6, 6.07) is 0. The second-order valence-corrected chi connectivity index (χ2v) is 16.0. The Morgan fingerprint density at radius 2 is 0.684 bits per heavy atom. The van der Waals surface area contributed by atoms with Gasteiger partial charge in [0.25, 0.3) is 0 Å². The van der Waals surface area contributed by atoms with Gasteiger partial charge in [-0.05, 0) is 57.8 Å². The number of ether oxygens (including phenoxy) is 3. The molecule has 0 aromatic carbocycles. The molecule has 0 radical (unpaired) electrons. The van der Waals surface area contributed by atoms with E-state index < -0.39 is 6.10 Å². The van der Waals surface area contributed by atoms with Crippen molar-refractivity contribution in [1.29, 1.82) is 0 Å². The summed E-state index contributed by atoms with van der Waals surface area (Å²) in [6.07, 6.45) is 53.8. The molecule has 57 heavy (non-hydrogen) atoms. The number of esters is 3. The minimum Gasteiger partial charge on any atom is -0.462 e. The Morgan fingerprint density at radius 1 is 0.368 bits per heavy atom. The molecular formula is C51H90O6. The van der Waals surface area contributed by atoms with Crippen LogP contribution in [0.3, 0.4) is 0 Å². The molecule has 1 atom stereocenters. The highest BCUT2D eigenvalue weighted by Crippen LogP contribution is 2.15. The molecule has 0 aliphatic heterocycles. The summed E-state index contributed by atoms with van der Waals surface area (Å²) >= 11 is 0. The lowest BCUT2D eigenvalue weighted by atomic mass is 10.0. The zero-order valence-electron chi connectivity index (χ0n) is 37.6. The summed E-state index contributed by atoms with van der Waals surface area (Å²) in [6.45, 7) is 6.48. The van der Waals surface area contributed by atoms with Crippen LogP contribution in [-0.2, 0) is 28.6 Å². The maximum Gasteiger partial charge on any atom is 0.306 e. The lowest BCUT2D eigenvalue weighted by Gasteiger charge is -2.18. The Labute approximate surface area is 352 Å². The highest BCUT2D eigenvalue weighted by atomic mass is 16.6. The number of carbonyl (C=O) groups excluding carboxylic acids is 3. The van der Waals surface area contributed by atoms with Crippen LogP contribution in [0.1, 0.15) is 239 Å². The topological polar surface area (TPSA) is 78.9 Å². The molecule has 0 amide bonds. The van der Waals surface area contributed by atoms with E-state index in [0.717, 1.165) is 83.5 Å². The van der Waals surface area contributed by atoms with Crippen LogP contribution in [0.25, 0.3) is 0 Å². The van der Waals surface area contributed by atoms with Gasteiger partial charge in [0, 0.05) is 19.3 Å². The Kier molecular flexibility index (Phi) is 43.9. The SMILES string of the molecule is CC/C=C\C/C=C\C/C=C\C/C=C\CCCCC(=O)OC[C@@H](COC(=O)CCCCCCCCCCCCCC)OC(=O)CCCCCCCCCCCCCC. The van der Waals surface area contributed by atoms with Gasteiger partial charge in [0.1, 0.15) is 13.2 Å². The van der Waals surface area contributed by atoms with Crippen molar-refractivity contribution in [2.24, 2.45) is 0 Å². The summed E-state index contributed by atoms with van der Waals surface area (Å²) < 4.78 is 16.7. The molecule has 0 aliphatic rings. The molecule has 0 saturated heterocycles. The summed E-state index contributed by atoms with van der Waals surface area (Å²) in [7, 11) is 0. The molecular weight excluding hydrogens is 709 g/mol. The molecule has 0 heterocycles. The largest absolute Gasteiger partial charge is 0.462 e. The van der Waals surface area contributed by atoms with Crippen molar-refractivity contribution in [1.82, 2.24) is 0 Å². The van der Waals surface area contributed by atoms with Crippen LogP contribution in [0.2, 0.25) is 0 Å². The van der Waals surface area contributed by atoms with E-state index in [-0.39, 0.29) is 31.1 Å². The van der Waals surface area contributed by atoms with Gasteiger partial charge in [0.2, 0.25) is 0 Å². The Bertz CT molecular complexity index is 1010. The summed E-state index contributed by atoms with van der Waals surface area (Å²) in [5, 5.41) is 0. The molecule has 0 aromatic rings. The van der Waals surface area contributed by atoms with Crippen molar-refractivity contribution in [2.45, 2.75) is 245 Å². The average Bonchev–Trinajstić information content (AvgIpc) is 3.21. The molecule has 0 fully saturated rings. The third kappa shape index (κ3) is 44.3. The van der Waals surface area contributed by atoms with Gasteiger partial charge in [-0.15, -0.1) is 0 Å². The van der Waals surface area contributed by atoms with E-state index in [1.807, 2.05) is 0 Å². The highest BCUT2D eigenvalue weighted by molar-refractivity contribution is 5.71. The Morgan fingerprint density at radius 3 is 1.07 bits per heavy atom. The molecule has 6 heteroatoms. The molecule has 0 bridgehead atoms. The van der Waals surface area contributed by atoms with E-state index in [2.05, 4.69) is 69.4 Å². The predicted octanol–water partition coefficient (Wildman–Crippen LogP) is 15.5. The normalized spacial score (nSPS) is 12.4. The monoisotopic (exact) mass is 799 g/mol. The first-order chi connectivity index (χ1) is 28.0. The van der Waals surface area contributed by atoms with Gasteiger partial charge in [-0.1, -0.05) is 211 Å². The molecule has 0 aromatic heterocycles. The van der Waals surface area contributed by atoms with Gasteiger partial charge >= 0.3 is 17.9 Å². The predicted molar refractivity (Wildman–Crippen MR) is 242 cm³/mol. The summed E-state index contributed by atoms with van der Waals surface area (Å²) in [5.74, 6) is -0.922. The van der Waals surface area contributed by atoms with Gasteiger partial charge in [-0.25, -0.2) is 0 Å². The minimum atomic E-state index is -0.783. The van der Waals surface area contributed by atoms with Crippen LogP contribution in [0.15, 0.2) is 48.6 Å². The highest BCUT2D eigenvalue weighted by Gasteiger charge is 2.19. The van der Waals surface area contributed by atoms with E-state index in [1.54, 1.807) is 0 Å². The van der Waals surface area contributed by atoms with Gasteiger partial charge in [-0.2, -0.15) is 0 Å². The van der Waals surface area contributed by atoms with Crippen LogP contribution in [0, 0.1) is 0 Å². The first-order valence-corrected chi connectivity index (χ1v) is 24.1. The molecule has 0 N–H and O–H groups in total. The number of allylic oxidation sites excluding steroid dienone is 8. The van der Waals surface area contributed by atoms with Gasteiger partial charge in [-0.3, -0.25) is 14.4 Å². The Hall–Kier alpha value is -2.63. The maximum absolute atomic E-state index is 12.7. The molecule has 0 spiro atoms. The molecule has 0 aliphatic carbocycles. The van der Waals surface area contributed by atoms with Crippen LogP contribution in [0.5, 0.6) is 0 Å². The van der Waals surface area contributed by atoms with Crippen molar-refractivity contribution in [2.75, 3.05) is 13.2 Å². The van der Waals surface area contributed by atoms with Crippen LogP contribution < -0.4 is 0 Å². The first kappa shape index (κ1) is 54.4. The second kappa shape index (κ2) is 46.1. The maximum atomic E-state index is 12.7. The number of hydrogen-bond donors (Lipinski definition) is 0.